The molecule has 2 rings (SSSR count). The maximum atomic E-state index is 6.16. The van der Waals surface area contributed by atoms with Crippen molar-refractivity contribution >= 4 is 57.4 Å². The van der Waals surface area contributed by atoms with Crippen LogP contribution in [-0.2, 0) is 0 Å². The van der Waals surface area contributed by atoms with Crippen LogP contribution in [0.2, 0.25) is 15.1 Å². The minimum atomic E-state index is 0.0466. The van der Waals surface area contributed by atoms with Crippen molar-refractivity contribution in [3.63, 3.8) is 0 Å². The fourth-order valence-electron chi connectivity index (χ4n) is 2.12. The molecule has 0 saturated heterocycles. The number of rotatable bonds is 5. The van der Waals surface area contributed by atoms with E-state index in [4.69, 9.17) is 34.8 Å². The Labute approximate surface area is 154 Å². The summed E-state index contributed by atoms with van der Waals surface area (Å²) in [6, 6.07) is 11.7. The summed E-state index contributed by atoms with van der Waals surface area (Å²) >= 11 is 20.7. The molecule has 2 aromatic carbocycles. The number of nitrogens with one attached hydrogen (secondary N) is 1. The van der Waals surface area contributed by atoms with E-state index < -0.39 is 0 Å². The highest BCUT2D eigenvalue weighted by molar-refractivity contribution is 14.1. The van der Waals surface area contributed by atoms with Crippen molar-refractivity contribution in [1.29, 1.82) is 0 Å². The summed E-state index contributed by atoms with van der Waals surface area (Å²) in [6.45, 7) is 3.05. The van der Waals surface area contributed by atoms with E-state index in [0.717, 1.165) is 32.7 Å². The first kappa shape index (κ1) is 17.4. The average Bonchev–Trinajstić information content (AvgIpc) is 2.46. The summed E-state index contributed by atoms with van der Waals surface area (Å²) in [6.07, 6.45) is 1.05. The molecule has 1 N–H and O–H groups in total. The molecule has 0 amide bonds. The van der Waals surface area contributed by atoms with E-state index in [-0.39, 0.29) is 6.04 Å². The van der Waals surface area contributed by atoms with Gasteiger partial charge in [0.25, 0.3) is 0 Å². The highest BCUT2D eigenvalue weighted by Gasteiger charge is 2.17. The number of hydrogen-bond donors (Lipinski definition) is 1. The zero-order chi connectivity index (χ0) is 15.4. The van der Waals surface area contributed by atoms with Crippen LogP contribution in [0.4, 0.5) is 0 Å². The van der Waals surface area contributed by atoms with E-state index in [9.17, 15) is 0 Å². The highest BCUT2D eigenvalue weighted by Crippen LogP contribution is 2.32. The van der Waals surface area contributed by atoms with Crippen molar-refractivity contribution in [2.75, 3.05) is 6.54 Å². The molecule has 0 aliphatic heterocycles. The van der Waals surface area contributed by atoms with Gasteiger partial charge in [-0.05, 0) is 77.0 Å². The van der Waals surface area contributed by atoms with E-state index in [0.29, 0.717) is 10.0 Å². The lowest BCUT2D eigenvalue weighted by molar-refractivity contribution is 0.597. The Morgan fingerprint density at radius 1 is 1.05 bits per heavy atom. The van der Waals surface area contributed by atoms with Gasteiger partial charge in [-0.2, -0.15) is 0 Å². The first-order chi connectivity index (χ1) is 10.0. The lowest BCUT2D eigenvalue weighted by atomic mass is 9.98. The molecule has 0 radical (unpaired) electrons. The quantitative estimate of drug-likeness (QED) is 0.520. The van der Waals surface area contributed by atoms with Gasteiger partial charge in [0.05, 0.1) is 16.1 Å². The predicted molar refractivity (Wildman–Crippen MR) is 101 cm³/mol. The fourth-order valence-corrected chi connectivity index (χ4v) is 3.26. The average molecular weight is 455 g/mol. The monoisotopic (exact) mass is 453 g/mol. The van der Waals surface area contributed by atoms with Crippen molar-refractivity contribution in [2.45, 2.75) is 19.4 Å². The fraction of sp³-hybridized carbons (Fsp3) is 0.250. The second-order valence-electron chi connectivity index (χ2n) is 4.73. The summed E-state index contributed by atoms with van der Waals surface area (Å²) in [5.74, 6) is 0. The number of halogens is 4. The van der Waals surface area contributed by atoms with Crippen LogP contribution in [0.25, 0.3) is 0 Å². The second-order valence-corrected chi connectivity index (χ2v) is 7.14. The van der Waals surface area contributed by atoms with Gasteiger partial charge < -0.3 is 5.32 Å². The lowest BCUT2D eigenvalue weighted by Crippen LogP contribution is -2.24. The standard InChI is InChI=1S/C16H15Cl3IN/c1-2-7-21-16(10-3-5-13(18)14(19)8-10)12-9-11(17)4-6-15(12)20/h3-6,8-9,16,21H,2,7H2,1H3. The molecule has 0 bridgehead atoms. The van der Waals surface area contributed by atoms with Crippen LogP contribution < -0.4 is 5.32 Å². The maximum Gasteiger partial charge on any atom is 0.0595 e. The molecule has 2 aromatic rings. The zero-order valence-electron chi connectivity index (χ0n) is 11.5. The Hall–Kier alpha value is -0.000000000000000111. The molecule has 0 aromatic heterocycles. The van der Waals surface area contributed by atoms with Gasteiger partial charge in [0.1, 0.15) is 0 Å². The van der Waals surface area contributed by atoms with E-state index in [2.05, 4.69) is 34.8 Å². The summed E-state index contributed by atoms with van der Waals surface area (Å²) < 4.78 is 1.16. The van der Waals surface area contributed by atoms with Crippen LogP contribution in [-0.4, -0.2) is 6.54 Å². The van der Waals surface area contributed by atoms with Gasteiger partial charge in [-0.15, -0.1) is 0 Å². The van der Waals surface area contributed by atoms with Crippen LogP contribution in [0.1, 0.15) is 30.5 Å². The summed E-state index contributed by atoms with van der Waals surface area (Å²) in [5.41, 5.74) is 2.23. The van der Waals surface area contributed by atoms with E-state index in [1.807, 2.05) is 36.4 Å². The topological polar surface area (TPSA) is 12.0 Å². The minimum absolute atomic E-state index is 0.0466. The van der Waals surface area contributed by atoms with Crippen LogP contribution >= 0.6 is 57.4 Å². The number of benzene rings is 2. The van der Waals surface area contributed by atoms with Gasteiger partial charge in [-0.1, -0.05) is 47.8 Å². The zero-order valence-corrected chi connectivity index (χ0v) is 15.9. The Morgan fingerprint density at radius 3 is 2.48 bits per heavy atom. The van der Waals surface area contributed by atoms with Gasteiger partial charge in [0, 0.05) is 8.59 Å². The first-order valence-electron chi connectivity index (χ1n) is 6.66. The normalized spacial score (nSPS) is 12.4. The minimum Gasteiger partial charge on any atom is -0.306 e. The molecule has 112 valence electrons. The first-order valence-corrected chi connectivity index (χ1v) is 8.87. The predicted octanol–water partition coefficient (Wildman–Crippen LogP) is 6.34. The molecular weight excluding hydrogens is 439 g/mol. The van der Waals surface area contributed by atoms with Crippen molar-refractivity contribution in [2.24, 2.45) is 0 Å². The maximum absolute atomic E-state index is 6.16. The third-order valence-electron chi connectivity index (χ3n) is 3.14. The summed E-state index contributed by atoms with van der Waals surface area (Å²) in [4.78, 5) is 0. The summed E-state index contributed by atoms with van der Waals surface area (Å²) in [5, 5.41) is 5.41. The molecule has 5 heteroatoms. The largest absolute Gasteiger partial charge is 0.306 e. The Balaban J connectivity index is 2.46. The Kier molecular flexibility index (Phi) is 6.63. The van der Waals surface area contributed by atoms with Gasteiger partial charge >= 0.3 is 0 Å². The second kappa shape index (κ2) is 8.02. The molecule has 0 aliphatic rings. The molecule has 1 nitrogen and oxygen atoms in total. The van der Waals surface area contributed by atoms with Gasteiger partial charge in [0.2, 0.25) is 0 Å². The van der Waals surface area contributed by atoms with Crippen LogP contribution in [0.15, 0.2) is 36.4 Å². The third kappa shape index (κ3) is 4.49. The van der Waals surface area contributed by atoms with Gasteiger partial charge in [-0.25, -0.2) is 0 Å². The number of hydrogen-bond acceptors (Lipinski definition) is 1. The highest BCUT2D eigenvalue weighted by atomic mass is 127. The molecule has 0 saturated carbocycles. The molecule has 0 heterocycles. The van der Waals surface area contributed by atoms with Gasteiger partial charge in [0.15, 0.2) is 0 Å². The van der Waals surface area contributed by atoms with E-state index in [1.54, 1.807) is 0 Å². The van der Waals surface area contributed by atoms with Crippen molar-refractivity contribution in [1.82, 2.24) is 5.32 Å². The van der Waals surface area contributed by atoms with Crippen LogP contribution in [0.3, 0.4) is 0 Å². The smallest absolute Gasteiger partial charge is 0.0595 e. The van der Waals surface area contributed by atoms with Gasteiger partial charge in [-0.3, -0.25) is 0 Å². The van der Waals surface area contributed by atoms with Crippen LogP contribution in [0.5, 0.6) is 0 Å². The van der Waals surface area contributed by atoms with Crippen molar-refractivity contribution in [3.05, 3.63) is 66.2 Å². The lowest BCUT2D eigenvalue weighted by Gasteiger charge is -2.21. The molecular formula is C16H15Cl3IN. The molecule has 21 heavy (non-hydrogen) atoms. The van der Waals surface area contributed by atoms with Crippen LogP contribution in [0, 0.1) is 3.57 Å². The van der Waals surface area contributed by atoms with Crippen molar-refractivity contribution in [3.8, 4) is 0 Å². The Morgan fingerprint density at radius 2 is 1.81 bits per heavy atom. The molecule has 1 unspecified atom stereocenters. The molecule has 0 fully saturated rings. The Bertz CT molecular complexity index is 631. The summed E-state index contributed by atoms with van der Waals surface area (Å²) in [7, 11) is 0. The van der Waals surface area contributed by atoms with Crippen molar-refractivity contribution < 1.29 is 0 Å². The molecule has 1 atom stereocenters. The van der Waals surface area contributed by atoms with E-state index in [1.165, 1.54) is 0 Å². The van der Waals surface area contributed by atoms with E-state index >= 15 is 0 Å². The third-order valence-corrected chi connectivity index (χ3v) is 5.10. The molecule has 0 aliphatic carbocycles. The SMILES string of the molecule is CCCNC(c1ccc(Cl)c(Cl)c1)c1cc(Cl)ccc1I. The molecule has 0 spiro atoms.